The SMILES string of the molecule is CCNc1nc2nc[nH]c(=O)c2n1C. The van der Waals surface area contributed by atoms with Gasteiger partial charge in [-0.15, -0.1) is 0 Å². The second-order valence-electron chi connectivity index (χ2n) is 2.93. The minimum absolute atomic E-state index is 0.172. The molecule has 0 spiro atoms. The van der Waals surface area contributed by atoms with E-state index >= 15 is 0 Å². The van der Waals surface area contributed by atoms with Crippen LogP contribution in [-0.4, -0.2) is 26.1 Å². The summed E-state index contributed by atoms with van der Waals surface area (Å²) in [6, 6.07) is 0. The lowest BCUT2D eigenvalue weighted by molar-refractivity contribution is 0.928. The first-order valence-corrected chi connectivity index (χ1v) is 4.38. The first kappa shape index (κ1) is 8.74. The molecule has 0 aliphatic carbocycles. The number of hydrogen-bond acceptors (Lipinski definition) is 4. The van der Waals surface area contributed by atoms with Crippen molar-refractivity contribution in [1.82, 2.24) is 19.5 Å². The standard InChI is InChI=1S/C8H11N5O/c1-3-9-8-12-6-5(13(8)2)7(14)11-4-10-6/h4H,3H2,1-2H3,(H2,9,10,11,12,14). The summed E-state index contributed by atoms with van der Waals surface area (Å²) in [5, 5.41) is 3.05. The maximum absolute atomic E-state index is 11.4. The van der Waals surface area contributed by atoms with Crippen LogP contribution in [0.2, 0.25) is 0 Å². The third kappa shape index (κ3) is 1.15. The summed E-state index contributed by atoms with van der Waals surface area (Å²) in [4.78, 5) is 22.1. The third-order valence-corrected chi connectivity index (χ3v) is 2.01. The first-order chi connectivity index (χ1) is 6.74. The molecule has 2 heterocycles. The van der Waals surface area contributed by atoms with Crippen molar-refractivity contribution in [3.05, 3.63) is 16.7 Å². The minimum atomic E-state index is -0.172. The molecule has 0 unspecified atom stereocenters. The van der Waals surface area contributed by atoms with Crippen LogP contribution in [0.1, 0.15) is 6.92 Å². The number of aromatic nitrogens is 4. The average molecular weight is 193 g/mol. The number of nitrogens with zero attached hydrogens (tertiary/aromatic N) is 3. The lowest BCUT2D eigenvalue weighted by Crippen LogP contribution is -2.10. The molecule has 0 aliphatic rings. The zero-order valence-corrected chi connectivity index (χ0v) is 8.03. The van der Waals surface area contributed by atoms with Gasteiger partial charge in [-0.25, -0.2) is 4.98 Å². The van der Waals surface area contributed by atoms with Crippen molar-refractivity contribution in [1.29, 1.82) is 0 Å². The van der Waals surface area contributed by atoms with Crippen LogP contribution in [-0.2, 0) is 7.05 Å². The number of aromatic amines is 1. The number of nitrogens with one attached hydrogen (secondary N) is 2. The van der Waals surface area contributed by atoms with Crippen LogP contribution in [0, 0.1) is 0 Å². The van der Waals surface area contributed by atoms with Gasteiger partial charge in [0.2, 0.25) is 5.95 Å². The van der Waals surface area contributed by atoms with Gasteiger partial charge in [0.05, 0.1) is 6.33 Å². The van der Waals surface area contributed by atoms with Crippen molar-refractivity contribution in [3.8, 4) is 0 Å². The van der Waals surface area contributed by atoms with Gasteiger partial charge < -0.3 is 14.9 Å². The number of fused-ring (bicyclic) bond motifs is 1. The third-order valence-electron chi connectivity index (χ3n) is 2.01. The summed E-state index contributed by atoms with van der Waals surface area (Å²) in [6.45, 7) is 2.73. The van der Waals surface area contributed by atoms with Gasteiger partial charge >= 0.3 is 0 Å². The van der Waals surface area contributed by atoms with E-state index in [9.17, 15) is 4.79 Å². The summed E-state index contributed by atoms with van der Waals surface area (Å²) in [7, 11) is 1.78. The molecule has 2 rings (SSSR count). The van der Waals surface area contributed by atoms with Crippen LogP contribution in [0.15, 0.2) is 11.1 Å². The lowest BCUT2D eigenvalue weighted by atomic mass is 10.5. The van der Waals surface area contributed by atoms with E-state index in [1.807, 2.05) is 6.92 Å². The molecule has 0 amide bonds. The van der Waals surface area contributed by atoms with Gasteiger partial charge in [0.25, 0.3) is 5.56 Å². The van der Waals surface area contributed by atoms with Crippen molar-refractivity contribution in [2.24, 2.45) is 7.05 Å². The monoisotopic (exact) mass is 193 g/mol. The van der Waals surface area contributed by atoms with E-state index in [0.29, 0.717) is 17.1 Å². The summed E-state index contributed by atoms with van der Waals surface area (Å²) >= 11 is 0. The fraction of sp³-hybridized carbons (Fsp3) is 0.375. The molecule has 0 saturated heterocycles. The Morgan fingerprint density at radius 2 is 2.43 bits per heavy atom. The number of hydrogen-bond donors (Lipinski definition) is 2. The number of aryl methyl sites for hydroxylation is 1. The van der Waals surface area contributed by atoms with E-state index in [1.165, 1.54) is 6.33 Å². The van der Waals surface area contributed by atoms with Crippen LogP contribution in [0.3, 0.4) is 0 Å². The second-order valence-corrected chi connectivity index (χ2v) is 2.93. The lowest BCUT2D eigenvalue weighted by Gasteiger charge is -2.00. The van der Waals surface area contributed by atoms with Crippen molar-refractivity contribution in [2.45, 2.75) is 6.92 Å². The Hall–Kier alpha value is -1.85. The largest absolute Gasteiger partial charge is 0.356 e. The van der Waals surface area contributed by atoms with Crippen molar-refractivity contribution >= 4 is 17.1 Å². The fourth-order valence-electron chi connectivity index (χ4n) is 1.36. The highest BCUT2D eigenvalue weighted by atomic mass is 16.1. The molecule has 0 saturated carbocycles. The topological polar surface area (TPSA) is 75.6 Å². The normalized spacial score (nSPS) is 10.7. The Labute approximate surface area is 80.0 Å². The maximum Gasteiger partial charge on any atom is 0.277 e. The summed E-state index contributed by atoms with van der Waals surface area (Å²) < 4.78 is 1.70. The molecular formula is C8H11N5O. The fourth-order valence-corrected chi connectivity index (χ4v) is 1.36. The van der Waals surface area contributed by atoms with Crippen LogP contribution < -0.4 is 10.9 Å². The van der Waals surface area contributed by atoms with Crippen LogP contribution in [0.25, 0.3) is 11.2 Å². The van der Waals surface area contributed by atoms with Gasteiger partial charge in [-0.2, -0.15) is 4.98 Å². The molecular weight excluding hydrogens is 182 g/mol. The Morgan fingerprint density at radius 1 is 1.64 bits per heavy atom. The number of anilines is 1. The molecule has 0 bridgehead atoms. The van der Waals surface area contributed by atoms with Gasteiger partial charge in [-0.3, -0.25) is 4.79 Å². The summed E-state index contributed by atoms with van der Waals surface area (Å²) in [5.41, 5.74) is 0.782. The van der Waals surface area contributed by atoms with Gasteiger partial charge in [0.15, 0.2) is 11.2 Å². The van der Waals surface area contributed by atoms with E-state index < -0.39 is 0 Å². The number of rotatable bonds is 2. The van der Waals surface area contributed by atoms with Gasteiger partial charge in [0, 0.05) is 13.6 Å². The molecule has 0 fully saturated rings. The molecule has 0 aromatic carbocycles. The second kappa shape index (κ2) is 3.13. The zero-order chi connectivity index (χ0) is 10.1. The molecule has 14 heavy (non-hydrogen) atoms. The number of H-pyrrole nitrogens is 1. The molecule has 2 aromatic heterocycles. The van der Waals surface area contributed by atoms with Crippen LogP contribution in [0.4, 0.5) is 5.95 Å². The van der Waals surface area contributed by atoms with Crippen LogP contribution in [0.5, 0.6) is 0 Å². The van der Waals surface area contributed by atoms with Gasteiger partial charge in [-0.05, 0) is 6.92 Å². The Bertz CT molecular complexity index is 512. The van der Waals surface area contributed by atoms with Gasteiger partial charge in [-0.1, -0.05) is 0 Å². The molecule has 2 aromatic rings. The smallest absolute Gasteiger partial charge is 0.277 e. The quantitative estimate of drug-likeness (QED) is 0.708. The highest BCUT2D eigenvalue weighted by Gasteiger charge is 2.10. The van der Waals surface area contributed by atoms with Crippen molar-refractivity contribution in [3.63, 3.8) is 0 Å². The molecule has 6 heteroatoms. The average Bonchev–Trinajstić information content (AvgIpc) is 2.46. The Morgan fingerprint density at radius 3 is 3.07 bits per heavy atom. The zero-order valence-electron chi connectivity index (χ0n) is 8.03. The predicted octanol–water partition coefficient (Wildman–Crippen LogP) is 0.0884. The van der Waals surface area contributed by atoms with E-state index in [1.54, 1.807) is 11.6 Å². The highest BCUT2D eigenvalue weighted by Crippen LogP contribution is 2.10. The molecule has 74 valence electrons. The highest BCUT2D eigenvalue weighted by molar-refractivity contribution is 5.73. The van der Waals surface area contributed by atoms with Gasteiger partial charge in [0.1, 0.15) is 0 Å². The van der Waals surface area contributed by atoms with E-state index in [4.69, 9.17) is 0 Å². The number of imidazole rings is 1. The Kier molecular flexibility index (Phi) is 1.95. The predicted molar refractivity (Wildman–Crippen MR) is 53.3 cm³/mol. The molecule has 0 aliphatic heterocycles. The molecule has 2 N–H and O–H groups in total. The summed E-state index contributed by atoms with van der Waals surface area (Å²) in [6.07, 6.45) is 1.35. The Balaban J connectivity index is 2.74. The summed E-state index contributed by atoms with van der Waals surface area (Å²) in [5.74, 6) is 0.659. The molecule has 0 radical (unpaired) electrons. The van der Waals surface area contributed by atoms with E-state index in [-0.39, 0.29) is 5.56 Å². The van der Waals surface area contributed by atoms with Crippen molar-refractivity contribution < 1.29 is 0 Å². The minimum Gasteiger partial charge on any atom is -0.356 e. The first-order valence-electron chi connectivity index (χ1n) is 4.38. The molecule has 6 nitrogen and oxygen atoms in total. The van der Waals surface area contributed by atoms with Crippen molar-refractivity contribution in [2.75, 3.05) is 11.9 Å². The van der Waals surface area contributed by atoms with E-state index in [0.717, 1.165) is 6.54 Å². The molecule has 0 atom stereocenters. The maximum atomic E-state index is 11.4. The van der Waals surface area contributed by atoms with Crippen LogP contribution >= 0.6 is 0 Å². The van der Waals surface area contributed by atoms with E-state index in [2.05, 4.69) is 20.3 Å².